The lowest BCUT2D eigenvalue weighted by Crippen LogP contribution is -2.14. The first-order valence-corrected chi connectivity index (χ1v) is 21.0. The highest BCUT2D eigenvalue weighted by atomic mass is 14.9. The molecule has 3 nitrogen and oxygen atoms in total. The van der Waals surface area contributed by atoms with Gasteiger partial charge >= 0.3 is 0 Å². The van der Waals surface area contributed by atoms with Gasteiger partial charge < -0.3 is 0 Å². The van der Waals surface area contributed by atoms with Crippen LogP contribution in [0.2, 0.25) is 0 Å². The summed E-state index contributed by atoms with van der Waals surface area (Å²) < 4.78 is 0. The third kappa shape index (κ3) is 5.77. The predicted octanol–water partition coefficient (Wildman–Crippen LogP) is 15.1. The molecule has 286 valence electrons. The number of nitrogens with zero attached hydrogens (tertiary/aromatic N) is 3. The fourth-order valence-electron chi connectivity index (χ4n) is 9.74. The molecule has 0 fully saturated rings. The predicted molar refractivity (Wildman–Crippen MR) is 254 cm³/mol. The Balaban J connectivity index is 0.925. The zero-order chi connectivity index (χ0) is 40.7. The van der Waals surface area contributed by atoms with Gasteiger partial charge in [0.2, 0.25) is 0 Å². The molecule has 0 atom stereocenters. The minimum atomic E-state index is -0.0496. The molecule has 12 rings (SSSR count). The van der Waals surface area contributed by atoms with Crippen LogP contribution in [-0.2, 0) is 5.41 Å². The van der Waals surface area contributed by atoms with Gasteiger partial charge in [0.05, 0.1) is 11.4 Å². The lowest BCUT2D eigenvalue weighted by Gasteiger charge is -2.22. The number of aromatic nitrogens is 3. The topological polar surface area (TPSA) is 38.7 Å². The van der Waals surface area contributed by atoms with Crippen LogP contribution < -0.4 is 0 Å². The molecule has 1 aliphatic rings. The zero-order valence-electron chi connectivity index (χ0n) is 33.9. The maximum absolute atomic E-state index is 5.24. The van der Waals surface area contributed by atoms with E-state index in [0.29, 0.717) is 5.82 Å². The van der Waals surface area contributed by atoms with Crippen LogP contribution in [0.3, 0.4) is 0 Å². The first kappa shape index (κ1) is 35.2. The summed E-state index contributed by atoms with van der Waals surface area (Å²) in [6.45, 7) is 4.67. The summed E-state index contributed by atoms with van der Waals surface area (Å²) in [5.74, 6) is 0.690. The van der Waals surface area contributed by atoms with Crippen molar-refractivity contribution in [3.8, 4) is 78.4 Å². The van der Waals surface area contributed by atoms with E-state index in [1.165, 1.54) is 76.8 Å². The van der Waals surface area contributed by atoms with Gasteiger partial charge in [-0.25, -0.2) is 9.97 Å². The molecule has 0 amide bonds. The highest BCUT2D eigenvalue weighted by Crippen LogP contribution is 2.49. The smallest absolute Gasteiger partial charge is 0.160 e. The second-order valence-corrected chi connectivity index (χ2v) is 16.8. The van der Waals surface area contributed by atoms with Crippen LogP contribution in [0.25, 0.3) is 111 Å². The first-order valence-electron chi connectivity index (χ1n) is 21.0. The Bertz CT molecular complexity index is 3440. The van der Waals surface area contributed by atoms with Crippen LogP contribution in [0, 0.1) is 0 Å². The van der Waals surface area contributed by atoms with Gasteiger partial charge in [0.25, 0.3) is 0 Å². The Labute approximate surface area is 355 Å². The van der Waals surface area contributed by atoms with Gasteiger partial charge in [0, 0.05) is 34.5 Å². The molecule has 3 heteroatoms. The zero-order valence-corrected chi connectivity index (χ0v) is 33.9. The Morgan fingerprint density at radius 1 is 0.361 bits per heavy atom. The van der Waals surface area contributed by atoms with Gasteiger partial charge in [-0.1, -0.05) is 184 Å². The standard InChI is InChI=1S/C58H39N3/c1-58(2)51-11-4-3-10-48(51)49-30-28-45(33-52(49)58)36-12-18-39(19-13-36)53-34-54(40-20-14-37(15-21-40)46-9-6-32-59-35-46)61-57(60-53)44-24-16-38(17-25-44)47-29-26-43-23-22-41-7-5-8-42-27-31-50(47)56(43)55(41)42/h3-35H,1-2H3. The maximum atomic E-state index is 5.24. The van der Waals surface area contributed by atoms with Crippen molar-refractivity contribution < 1.29 is 0 Å². The molecule has 0 saturated carbocycles. The highest BCUT2D eigenvalue weighted by molar-refractivity contribution is 6.25. The molecule has 0 spiro atoms. The fraction of sp³-hybridized carbons (Fsp3) is 0.0517. The number of rotatable bonds is 6. The largest absolute Gasteiger partial charge is 0.264 e. The molecule has 9 aromatic carbocycles. The van der Waals surface area contributed by atoms with Crippen LogP contribution in [0.15, 0.2) is 200 Å². The van der Waals surface area contributed by atoms with Crippen molar-refractivity contribution in [1.29, 1.82) is 0 Å². The molecule has 61 heavy (non-hydrogen) atoms. The molecule has 0 saturated heterocycles. The number of pyridine rings is 1. The molecule has 1 aliphatic carbocycles. The molecule has 2 aromatic heterocycles. The SMILES string of the molecule is CC1(C)c2ccccc2-c2ccc(-c3ccc(-c4cc(-c5ccc(-c6cccnc6)cc5)nc(-c5ccc(-c6ccc7ccc8cccc9ccc6c7c89)cc5)n4)cc3)cc21. The molecule has 11 aromatic rings. The van der Waals surface area contributed by atoms with E-state index in [1.807, 2.05) is 12.3 Å². The van der Waals surface area contributed by atoms with E-state index in [-0.39, 0.29) is 5.41 Å². The van der Waals surface area contributed by atoms with Crippen molar-refractivity contribution in [3.63, 3.8) is 0 Å². The Morgan fingerprint density at radius 2 is 0.918 bits per heavy atom. The second kappa shape index (κ2) is 13.7. The molecule has 0 radical (unpaired) electrons. The van der Waals surface area contributed by atoms with E-state index in [9.17, 15) is 0 Å². The normalized spacial score (nSPS) is 12.9. The number of benzene rings is 9. The van der Waals surface area contributed by atoms with Crippen LogP contribution in [-0.4, -0.2) is 15.0 Å². The van der Waals surface area contributed by atoms with Gasteiger partial charge in [0.15, 0.2) is 5.82 Å². The summed E-state index contributed by atoms with van der Waals surface area (Å²) in [5.41, 5.74) is 17.2. The van der Waals surface area contributed by atoms with Gasteiger partial charge in [-0.3, -0.25) is 4.98 Å². The molecule has 0 aliphatic heterocycles. The molecular weight excluding hydrogens is 739 g/mol. The van der Waals surface area contributed by atoms with Crippen molar-refractivity contribution >= 4 is 32.3 Å². The van der Waals surface area contributed by atoms with Gasteiger partial charge in [0.1, 0.15) is 0 Å². The fourth-order valence-corrected chi connectivity index (χ4v) is 9.74. The summed E-state index contributed by atoms with van der Waals surface area (Å²) in [6, 6.07) is 68.2. The summed E-state index contributed by atoms with van der Waals surface area (Å²) >= 11 is 0. The highest BCUT2D eigenvalue weighted by Gasteiger charge is 2.35. The third-order valence-electron chi connectivity index (χ3n) is 13.0. The summed E-state index contributed by atoms with van der Waals surface area (Å²) in [5, 5.41) is 7.73. The molecule has 0 unspecified atom stereocenters. The van der Waals surface area contributed by atoms with Crippen LogP contribution >= 0.6 is 0 Å². The van der Waals surface area contributed by atoms with Crippen LogP contribution in [0.1, 0.15) is 25.0 Å². The Morgan fingerprint density at radius 3 is 1.62 bits per heavy atom. The van der Waals surface area contributed by atoms with E-state index < -0.39 is 0 Å². The average Bonchev–Trinajstić information content (AvgIpc) is 3.56. The van der Waals surface area contributed by atoms with E-state index in [1.54, 1.807) is 6.20 Å². The Hall–Kier alpha value is -7.75. The van der Waals surface area contributed by atoms with Crippen molar-refractivity contribution in [2.45, 2.75) is 19.3 Å². The van der Waals surface area contributed by atoms with Gasteiger partial charge in [-0.05, 0) is 106 Å². The summed E-state index contributed by atoms with van der Waals surface area (Å²) in [4.78, 5) is 14.8. The second-order valence-electron chi connectivity index (χ2n) is 16.8. The molecular formula is C58H39N3. The molecule has 2 heterocycles. The van der Waals surface area contributed by atoms with Crippen molar-refractivity contribution in [2.24, 2.45) is 0 Å². The Kier molecular flexibility index (Phi) is 7.88. The number of hydrogen-bond donors (Lipinski definition) is 0. The maximum Gasteiger partial charge on any atom is 0.160 e. The third-order valence-corrected chi connectivity index (χ3v) is 13.0. The van der Waals surface area contributed by atoms with E-state index in [0.717, 1.165) is 39.2 Å². The summed E-state index contributed by atoms with van der Waals surface area (Å²) in [6.07, 6.45) is 3.70. The van der Waals surface area contributed by atoms with Crippen LogP contribution in [0.5, 0.6) is 0 Å². The van der Waals surface area contributed by atoms with E-state index >= 15 is 0 Å². The van der Waals surface area contributed by atoms with Gasteiger partial charge in [-0.2, -0.15) is 0 Å². The molecule has 0 N–H and O–H groups in total. The lowest BCUT2D eigenvalue weighted by atomic mass is 9.81. The van der Waals surface area contributed by atoms with E-state index in [2.05, 4.69) is 201 Å². The van der Waals surface area contributed by atoms with Gasteiger partial charge in [-0.15, -0.1) is 0 Å². The minimum absolute atomic E-state index is 0.0496. The van der Waals surface area contributed by atoms with Crippen molar-refractivity contribution in [3.05, 3.63) is 212 Å². The minimum Gasteiger partial charge on any atom is -0.264 e. The van der Waals surface area contributed by atoms with Crippen molar-refractivity contribution in [1.82, 2.24) is 15.0 Å². The molecule has 0 bridgehead atoms. The average molecular weight is 778 g/mol. The number of fused-ring (bicyclic) bond motifs is 3. The van der Waals surface area contributed by atoms with Crippen LogP contribution in [0.4, 0.5) is 0 Å². The number of hydrogen-bond acceptors (Lipinski definition) is 3. The lowest BCUT2D eigenvalue weighted by molar-refractivity contribution is 0.660. The summed E-state index contributed by atoms with van der Waals surface area (Å²) in [7, 11) is 0. The quantitative estimate of drug-likeness (QED) is 0.158. The van der Waals surface area contributed by atoms with E-state index in [4.69, 9.17) is 9.97 Å². The monoisotopic (exact) mass is 777 g/mol. The van der Waals surface area contributed by atoms with Crippen molar-refractivity contribution in [2.75, 3.05) is 0 Å². The first-order chi connectivity index (χ1) is 30.0.